The Bertz CT molecular complexity index is 849. The molecule has 0 atom stereocenters. The summed E-state index contributed by atoms with van der Waals surface area (Å²) in [6.07, 6.45) is 1.23. The number of aromatic nitrogens is 1. The summed E-state index contributed by atoms with van der Waals surface area (Å²) in [5.74, 6) is 0. The van der Waals surface area contributed by atoms with Gasteiger partial charge in [-0.2, -0.15) is 4.57 Å². The third kappa shape index (κ3) is 2.59. The van der Waals surface area contributed by atoms with Crippen molar-refractivity contribution in [3.05, 3.63) is 59.6 Å². The Hall–Kier alpha value is -1.72. The molecular formula is C15H14NO2S2+. The SMILES string of the molecule is CS(=O)(=O)c1ccc(C[n+]2csc3ccccc32)cc1. The molecule has 1 heterocycles. The van der Waals surface area contributed by atoms with Crippen molar-refractivity contribution in [2.45, 2.75) is 11.4 Å². The molecule has 102 valence electrons. The van der Waals surface area contributed by atoms with Gasteiger partial charge < -0.3 is 0 Å². The third-order valence-electron chi connectivity index (χ3n) is 3.19. The van der Waals surface area contributed by atoms with Crippen LogP contribution in [0.15, 0.2) is 58.9 Å². The number of benzene rings is 2. The molecule has 5 heteroatoms. The van der Waals surface area contributed by atoms with Gasteiger partial charge in [0.1, 0.15) is 4.70 Å². The Balaban J connectivity index is 1.92. The average Bonchev–Trinajstić information content (AvgIpc) is 2.82. The Morgan fingerprint density at radius 2 is 1.75 bits per heavy atom. The second-order valence-electron chi connectivity index (χ2n) is 4.74. The quantitative estimate of drug-likeness (QED) is 0.698. The standard InChI is InChI=1S/C15H14NO2S2/c1-20(17,18)13-8-6-12(7-9-13)10-16-11-19-15-5-3-2-4-14(15)16/h2-9,11H,10H2,1H3/q+1. The summed E-state index contributed by atoms with van der Waals surface area (Å²) in [7, 11) is -3.12. The number of hydrogen-bond donors (Lipinski definition) is 0. The van der Waals surface area contributed by atoms with Crippen LogP contribution in [0.25, 0.3) is 10.2 Å². The van der Waals surface area contributed by atoms with Crippen molar-refractivity contribution in [2.75, 3.05) is 6.26 Å². The first-order valence-corrected chi connectivity index (χ1v) is 8.96. The van der Waals surface area contributed by atoms with Crippen LogP contribution < -0.4 is 4.57 Å². The van der Waals surface area contributed by atoms with Gasteiger partial charge in [-0.25, -0.2) is 8.42 Å². The van der Waals surface area contributed by atoms with E-state index in [2.05, 4.69) is 22.2 Å². The molecule has 0 bridgehead atoms. The van der Waals surface area contributed by atoms with Crippen molar-refractivity contribution in [2.24, 2.45) is 0 Å². The van der Waals surface area contributed by atoms with Crippen LogP contribution in [-0.4, -0.2) is 14.7 Å². The molecule has 0 aliphatic heterocycles. The van der Waals surface area contributed by atoms with Gasteiger partial charge in [-0.05, 0) is 18.2 Å². The van der Waals surface area contributed by atoms with Crippen LogP contribution in [0.4, 0.5) is 0 Å². The van der Waals surface area contributed by atoms with Crippen molar-refractivity contribution in [3.8, 4) is 0 Å². The highest BCUT2D eigenvalue weighted by atomic mass is 32.2. The second kappa shape index (κ2) is 5.00. The summed E-state index contributed by atoms with van der Waals surface area (Å²) in [6, 6.07) is 15.3. The number of fused-ring (bicyclic) bond motifs is 1. The predicted molar refractivity (Wildman–Crippen MR) is 80.7 cm³/mol. The average molecular weight is 304 g/mol. The van der Waals surface area contributed by atoms with Crippen molar-refractivity contribution < 1.29 is 13.0 Å². The van der Waals surface area contributed by atoms with E-state index in [1.165, 1.54) is 16.5 Å². The molecule has 1 aromatic heterocycles. The van der Waals surface area contributed by atoms with E-state index in [0.717, 1.165) is 12.1 Å². The van der Waals surface area contributed by atoms with Crippen molar-refractivity contribution in [1.29, 1.82) is 0 Å². The zero-order valence-corrected chi connectivity index (χ0v) is 12.6. The van der Waals surface area contributed by atoms with E-state index < -0.39 is 9.84 Å². The summed E-state index contributed by atoms with van der Waals surface area (Å²) < 4.78 is 26.3. The molecule has 0 saturated carbocycles. The molecule has 3 rings (SSSR count). The third-order valence-corrected chi connectivity index (χ3v) is 5.27. The van der Waals surface area contributed by atoms with Crippen LogP contribution in [0.5, 0.6) is 0 Å². The molecule has 0 aliphatic carbocycles. The maximum absolute atomic E-state index is 11.4. The fourth-order valence-corrected chi connectivity index (χ4v) is 3.66. The Morgan fingerprint density at radius 3 is 2.45 bits per heavy atom. The molecule has 0 spiro atoms. The van der Waals surface area contributed by atoms with E-state index in [-0.39, 0.29) is 0 Å². The Labute approximate surface area is 122 Å². The summed E-state index contributed by atoms with van der Waals surface area (Å²) in [6.45, 7) is 0.744. The molecule has 0 unspecified atom stereocenters. The van der Waals surface area contributed by atoms with Crippen LogP contribution in [-0.2, 0) is 16.4 Å². The summed E-state index contributed by atoms with van der Waals surface area (Å²) in [5.41, 5.74) is 4.38. The lowest BCUT2D eigenvalue weighted by atomic mass is 10.2. The number of nitrogens with zero attached hydrogens (tertiary/aromatic N) is 1. The topological polar surface area (TPSA) is 38.0 Å². The number of para-hydroxylation sites is 1. The molecule has 0 aliphatic rings. The minimum atomic E-state index is -3.12. The molecule has 2 aromatic carbocycles. The highest BCUT2D eigenvalue weighted by Gasteiger charge is 2.12. The van der Waals surface area contributed by atoms with E-state index in [0.29, 0.717) is 4.90 Å². The maximum atomic E-state index is 11.4. The first-order chi connectivity index (χ1) is 9.54. The molecule has 0 saturated heterocycles. The smallest absolute Gasteiger partial charge is 0.224 e. The lowest BCUT2D eigenvalue weighted by Gasteiger charge is -2.00. The highest BCUT2D eigenvalue weighted by molar-refractivity contribution is 7.90. The van der Waals surface area contributed by atoms with Gasteiger partial charge in [0, 0.05) is 17.9 Å². The Morgan fingerprint density at radius 1 is 1.05 bits per heavy atom. The molecule has 3 aromatic rings. The van der Waals surface area contributed by atoms with Gasteiger partial charge in [-0.15, -0.1) is 0 Å². The van der Waals surface area contributed by atoms with Crippen molar-refractivity contribution >= 4 is 31.4 Å². The molecule has 0 radical (unpaired) electrons. The van der Waals surface area contributed by atoms with Crippen LogP contribution in [0.2, 0.25) is 0 Å². The summed E-state index contributed by atoms with van der Waals surface area (Å²) >= 11 is 1.71. The fourth-order valence-electron chi connectivity index (χ4n) is 2.13. The van der Waals surface area contributed by atoms with Crippen molar-refractivity contribution in [1.82, 2.24) is 0 Å². The number of hydrogen-bond acceptors (Lipinski definition) is 3. The predicted octanol–water partition coefficient (Wildman–Crippen LogP) is 2.64. The lowest BCUT2D eigenvalue weighted by molar-refractivity contribution is -0.658. The van der Waals surface area contributed by atoms with Gasteiger partial charge in [0.2, 0.25) is 11.0 Å². The zero-order chi connectivity index (χ0) is 14.2. The molecule has 0 amide bonds. The second-order valence-corrected chi connectivity index (χ2v) is 7.64. The first kappa shape index (κ1) is 13.3. The molecule has 0 N–H and O–H groups in total. The molecule has 0 fully saturated rings. The highest BCUT2D eigenvalue weighted by Crippen LogP contribution is 2.16. The van der Waals surface area contributed by atoms with E-state index in [1.54, 1.807) is 23.5 Å². The summed E-state index contributed by atoms with van der Waals surface area (Å²) in [5, 5.41) is 0. The number of rotatable bonds is 3. The van der Waals surface area contributed by atoms with E-state index in [1.807, 2.05) is 24.3 Å². The largest absolute Gasteiger partial charge is 0.226 e. The summed E-state index contributed by atoms with van der Waals surface area (Å²) in [4.78, 5) is 0.362. The normalized spacial score (nSPS) is 11.8. The van der Waals surface area contributed by atoms with E-state index >= 15 is 0 Å². The molecular weight excluding hydrogens is 290 g/mol. The fraction of sp³-hybridized carbons (Fsp3) is 0.133. The van der Waals surface area contributed by atoms with Gasteiger partial charge in [-0.1, -0.05) is 35.6 Å². The van der Waals surface area contributed by atoms with Gasteiger partial charge in [0.05, 0.1) is 4.90 Å². The van der Waals surface area contributed by atoms with Crippen molar-refractivity contribution in [3.63, 3.8) is 0 Å². The Kier molecular flexibility index (Phi) is 3.31. The monoisotopic (exact) mass is 304 g/mol. The van der Waals surface area contributed by atoms with Gasteiger partial charge >= 0.3 is 0 Å². The molecule has 20 heavy (non-hydrogen) atoms. The number of sulfone groups is 1. The van der Waals surface area contributed by atoms with Crippen LogP contribution in [0.3, 0.4) is 0 Å². The van der Waals surface area contributed by atoms with Crippen LogP contribution in [0.1, 0.15) is 5.56 Å². The zero-order valence-electron chi connectivity index (χ0n) is 11.0. The maximum Gasteiger partial charge on any atom is 0.226 e. The number of thiazole rings is 1. The first-order valence-electron chi connectivity index (χ1n) is 6.19. The van der Waals surface area contributed by atoms with Gasteiger partial charge in [-0.3, -0.25) is 0 Å². The van der Waals surface area contributed by atoms with E-state index in [4.69, 9.17) is 0 Å². The van der Waals surface area contributed by atoms with Gasteiger partial charge in [0.25, 0.3) is 0 Å². The van der Waals surface area contributed by atoms with E-state index in [9.17, 15) is 8.42 Å². The molecule has 3 nitrogen and oxygen atoms in total. The lowest BCUT2D eigenvalue weighted by Crippen LogP contribution is -2.31. The van der Waals surface area contributed by atoms with Crippen LogP contribution >= 0.6 is 11.3 Å². The van der Waals surface area contributed by atoms with Gasteiger partial charge in [0.15, 0.2) is 16.4 Å². The minimum absolute atomic E-state index is 0.362. The minimum Gasteiger partial charge on any atom is -0.224 e. The van der Waals surface area contributed by atoms with Crippen LogP contribution in [0, 0.1) is 0 Å².